The molecule has 128 valence electrons. The molecule has 2 atom stereocenters. The van der Waals surface area contributed by atoms with Crippen LogP contribution in [0.1, 0.15) is 26.3 Å². The molecule has 1 aromatic rings. The number of alkyl carbamates (subject to hydrolysis) is 1. The third kappa shape index (κ3) is 6.56. The number of phenolic OH excluding ortho intramolecular Hbond substituents is 1. The largest absolute Gasteiger partial charge is 0.508 e. The van der Waals surface area contributed by atoms with E-state index in [0.29, 0.717) is 5.56 Å². The van der Waals surface area contributed by atoms with Crippen molar-refractivity contribution in [3.63, 3.8) is 0 Å². The summed E-state index contributed by atoms with van der Waals surface area (Å²) in [6.45, 7) is 5.12. The van der Waals surface area contributed by atoms with E-state index in [1.165, 1.54) is 12.1 Å². The second kappa shape index (κ2) is 7.82. The van der Waals surface area contributed by atoms with Crippen molar-refractivity contribution in [3.05, 3.63) is 29.8 Å². The highest BCUT2D eigenvalue weighted by atomic mass is 16.6. The van der Waals surface area contributed by atoms with Gasteiger partial charge in [-0.3, -0.25) is 0 Å². The Balaban J connectivity index is 2.86. The van der Waals surface area contributed by atoms with Gasteiger partial charge in [0.05, 0.1) is 13.2 Å². The van der Waals surface area contributed by atoms with Crippen molar-refractivity contribution in [1.29, 1.82) is 0 Å². The minimum absolute atomic E-state index is 0.0962. The number of carbonyl (C=O) groups is 2. The Morgan fingerprint density at radius 1 is 1.22 bits per heavy atom. The summed E-state index contributed by atoms with van der Waals surface area (Å²) in [4.78, 5) is 23.5. The van der Waals surface area contributed by atoms with Gasteiger partial charge in [0.1, 0.15) is 11.4 Å². The first-order valence-electron chi connectivity index (χ1n) is 7.15. The fourth-order valence-corrected chi connectivity index (χ4v) is 1.87. The predicted molar refractivity (Wildman–Crippen MR) is 83.0 cm³/mol. The molecular formula is C16H23NO6. The lowest BCUT2D eigenvalue weighted by Crippen LogP contribution is -2.49. The molecule has 1 rings (SSSR count). The number of aliphatic hydroxyl groups is 1. The first-order valence-corrected chi connectivity index (χ1v) is 7.15. The maximum atomic E-state index is 11.9. The topological polar surface area (TPSA) is 105 Å². The highest BCUT2D eigenvalue weighted by Crippen LogP contribution is 2.14. The van der Waals surface area contributed by atoms with Crippen LogP contribution in [0.4, 0.5) is 4.79 Å². The zero-order chi connectivity index (χ0) is 17.6. The molecule has 0 saturated carbocycles. The quantitative estimate of drug-likeness (QED) is 0.706. The molecule has 1 aromatic carbocycles. The number of methoxy groups -OCH3 is 1. The molecule has 0 spiro atoms. The Bertz CT molecular complexity index is 534. The highest BCUT2D eigenvalue weighted by molar-refractivity contribution is 5.77. The maximum absolute atomic E-state index is 11.9. The Kier molecular flexibility index (Phi) is 6.38. The lowest BCUT2D eigenvalue weighted by Gasteiger charge is -2.25. The number of hydrogen-bond donors (Lipinski definition) is 3. The maximum Gasteiger partial charge on any atom is 0.407 e. The normalized spacial score (nSPS) is 13.8. The van der Waals surface area contributed by atoms with E-state index >= 15 is 0 Å². The van der Waals surface area contributed by atoms with Gasteiger partial charge in [-0.1, -0.05) is 12.1 Å². The molecule has 0 radical (unpaired) electrons. The van der Waals surface area contributed by atoms with Gasteiger partial charge in [0.25, 0.3) is 0 Å². The van der Waals surface area contributed by atoms with Gasteiger partial charge in [-0.2, -0.15) is 0 Å². The lowest BCUT2D eigenvalue weighted by molar-refractivity contribution is -0.151. The SMILES string of the molecule is COC(=O)[C@H](O)[C@@H](Cc1ccc(O)cc1)NC(=O)OC(C)(C)C. The minimum atomic E-state index is -1.54. The van der Waals surface area contributed by atoms with E-state index in [0.717, 1.165) is 7.11 Å². The van der Waals surface area contributed by atoms with Crippen LogP contribution < -0.4 is 5.32 Å². The van der Waals surface area contributed by atoms with Crippen LogP contribution in [0.2, 0.25) is 0 Å². The highest BCUT2D eigenvalue weighted by Gasteiger charge is 2.30. The number of aromatic hydroxyl groups is 1. The molecule has 0 fully saturated rings. The van der Waals surface area contributed by atoms with Crippen molar-refractivity contribution in [2.75, 3.05) is 7.11 Å². The van der Waals surface area contributed by atoms with Gasteiger partial charge in [0, 0.05) is 0 Å². The molecule has 0 aromatic heterocycles. The number of hydrogen-bond acceptors (Lipinski definition) is 6. The van der Waals surface area contributed by atoms with Crippen LogP contribution >= 0.6 is 0 Å². The second-order valence-electron chi connectivity index (χ2n) is 6.09. The van der Waals surface area contributed by atoms with Crippen LogP contribution in [0, 0.1) is 0 Å². The summed E-state index contributed by atoms with van der Waals surface area (Å²) >= 11 is 0. The fraction of sp³-hybridized carbons (Fsp3) is 0.500. The van der Waals surface area contributed by atoms with Gasteiger partial charge in [-0.15, -0.1) is 0 Å². The number of nitrogens with one attached hydrogen (secondary N) is 1. The first-order chi connectivity index (χ1) is 10.6. The molecule has 0 aliphatic heterocycles. The Hall–Kier alpha value is -2.28. The van der Waals surface area contributed by atoms with E-state index in [-0.39, 0.29) is 12.2 Å². The molecule has 0 aliphatic carbocycles. The molecule has 0 unspecified atom stereocenters. The molecular weight excluding hydrogens is 302 g/mol. The Morgan fingerprint density at radius 3 is 2.26 bits per heavy atom. The van der Waals surface area contributed by atoms with Crippen molar-refractivity contribution < 1.29 is 29.3 Å². The van der Waals surface area contributed by atoms with Gasteiger partial charge in [0.15, 0.2) is 6.10 Å². The van der Waals surface area contributed by atoms with E-state index in [2.05, 4.69) is 10.1 Å². The van der Waals surface area contributed by atoms with Crippen LogP contribution in [0.5, 0.6) is 5.75 Å². The minimum Gasteiger partial charge on any atom is -0.508 e. The van der Waals surface area contributed by atoms with Crippen LogP contribution in [0.25, 0.3) is 0 Å². The number of phenols is 1. The van der Waals surface area contributed by atoms with Crippen LogP contribution in [0.15, 0.2) is 24.3 Å². The number of amides is 1. The predicted octanol–water partition coefficient (Wildman–Crippen LogP) is 1.36. The number of benzene rings is 1. The fourth-order valence-electron chi connectivity index (χ4n) is 1.87. The van der Waals surface area contributed by atoms with Crippen molar-refractivity contribution in [2.24, 2.45) is 0 Å². The molecule has 23 heavy (non-hydrogen) atoms. The third-order valence-electron chi connectivity index (χ3n) is 2.92. The molecule has 7 nitrogen and oxygen atoms in total. The summed E-state index contributed by atoms with van der Waals surface area (Å²) in [5, 5.41) is 21.8. The van der Waals surface area contributed by atoms with Crippen molar-refractivity contribution >= 4 is 12.1 Å². The van der Waals surface area contributed by atoms with Gasteiger partial charge in [-0.05, 0) is 44.9 Å². The molecule has 0 heterocycles. The van der Waals surface area contributed by atoms with E-state index < -0.39 is 29.8 Å². The van der Waals surface area contributed by atoms with E-state index in [1.54, 1.807) is 32.9 Å². The van der Waals surface area contributed by atoms with Crippen molar-refractivity contribution in [3.8, 4) is 5.75 Å². The zero-order valence-corrected chi connectivity index (χ0v) is 13.7. The summed E-state index contributed by atoms with van der Waals surface area (Å²) in [7, 11) is 1.15. The lowest BCUT2D eigenvalue weighted by atomic mass is 10.0. The summed E-state index contributed by atoms with van der Waals surface area (Å²) in [6, 6.07) is 5.28. The smallest absolute Gasteiger partial charge is 0.407 e. The molecule has 0 aliphatic rings. The van der Waals surface area contributed by atoms with E-state index in [9.17, 15) is 19.8 Å². The Morgan fingerprint density at radius 2 is 1.78 bits per heavy atom. The van der Waals surface area contributed by atoms with Crippen molar-refractivity contribution in [2.45, 2.75) is 44.9 Å². The van der Waals surface area contributed by atoms with Crippen LogP contribution in [-0.4, -0.2) is 47.1 Å². The summed E-state index contributed by atoms with van der Waals surface area (Å²) in [6.07, 6.45) is -2.12. The van der Waals surface area contributed by atoms with Crippen molar-refractivity contribution in [1.82, 2.24) is 5.32 Å². The van der Waals surface area contributed by atoms with Gasteiger partial charge in [0.2, 0.25) is 0 Å². The average Bonchev–Trinajstić information content (AvgIpc) is 2.45. The number of aliphatic hydroxyl groups excluding tert-OH is 1. The van der Waals surface area contributed by atoms with Gasteiger partial charge >= 0.3 is 12.1 Å². The summed E-state index contributed by atoms with van der Waals surface area (Å²) in [5.41, 5.74) is 0.00967. The first kappa shape index (κ1) is 18.8. The zero-order valence-electron chi connectivity index (χ0n) is 13.7. The standard InChI is InChI=1S/C16H23NO6/c1-16(2,3)23-15(21)17-12(13(19)14(20)22-4)9-10-5-7-11(18)8-6-10/h5-8,12-13,18-19H,9H2,1-4H3,(H,17,21)/t12-,13-/m1/s1. The third-order valence-corrected chi connectivity index (χ3v) is 2.92. The monoisotopic (exact) mass is 325 g/mol. The number of carbonyl (C=O) groups excluding carboxylic acids is 2. The van der Waals surface area contributed by atoms with Gasteiger partial charge < -0.3 is 25.0 Å². The van der Waals surface area contributed by atoms with E-state index in [1.807, 2.05) is 0 Å². The number of ether oxygens (including phenoxy) is 2. The molecule has 3 N–H and O–H groups in total. The molecule has 1 amide bonds. The molecule has 0 bridgehead atoms. The van der Waals surface area contributed by atoms with Gasteiger partial charge in [-0.25, -0.2) is 9.59 Å². The molecule has 0 saturated heterocycles. The summed E-state index contributed by atoms with van der Waals surface area (Å²) in [5.74, 6) is -0.760. The summed E-state index contributed by atoms with van der Waals surface area (Å²) < 4.78 is 9.65. The second-order valence-corrected chi connectivity index (χ2v) is 6.09. The Labute approximate surface area is 135 Å². The molecule has 7 heteroatoms. The average molecular weight is 325 g/mol. The van der Waals surface area contributed by atoms with Crippen LogP contribution in [-0.2, 0) is 20.7 Å². The van der Waals surface area contributed by atoms with E-state index in [4.69, 9.17) is 4.74 Å². The number of rotatable bonds is 5. The number of esters is 1. The van der Waals surface area contributed by atoms with Crippen LogP contribution in [0.3, 0.4) is 0 Å².